The van der Waals surface area contributed by atoms with E-state index in [1.807, 2.05) is 41.3 Å². The number of carbonyl (C=O) groups is 1. The van der Waals surface area contributed by atoms with Gasteiger partial charge in [-0.15, -0.1) is 0 Å². The molecule has 2 aliphatic rings. The molecule has 0 saturated carbocycles. The summed E-state index contributed by atoms with van der Waals surface area (Å²) in [6.45, 7) is 5.68. The molecule has 0 radical (unpaired) electrons. The Morgan fingerprint density at radius 1 is 1.10 bits per heavy atom. The smallest absolute Gasteiger partial charge is 0.224 e. The molecule has 6 nitrogen and oxygen atoms in total. The summed E-state index contributed by atoms with van der Waals surface area (Å²) in [5.41, 5.74) is 3.08. The van der Waals surface area contributed by atoms with Crippen LogP contribution in [0.25, 0.3) is 0 Å². The summed E-state index contributed by atoms with van der Waals surface area (Å²) in [6, 6.07) is 14.0. The Hall–Kier alpha value is -1.99. The van der Waals surface area contributed by atoms with Crippen molar-refractivity contribution in [3.8, 4) is 0 Å². The zero-order valence-electron chi connectivity index (χ0n) is 17.1. The van der Waals surface area contributed by atoms with E-state index >= 15 is 0 Å². The maximum absolute atomic E-state index is 12.4. The third kappa shape index (κ3) is 5.79. The lowest BCUT2D eigenvalue weighted by molar-refractivity contribution is -0.136. The highest BCUT2D eigenvalue weighted by atomic mass is 35.5. The van der Waals surface area contributed by atoms with Crippen LogP contribution in [0.2, 0.25) is 5.02 Å². The molecule has 160 valence electrons. The second-order valence-corrected chi connectivity index (χ2v) is 8.20. The van der Waals surface area contributed by atoms with Gasteiger partial charge in [-0.05, 0) is 29.8 Å². The first kappa shape index (κ1) is 21.2. The standard InChI is InChI=1S/C23H28ClN3O3/c24-19-4-1-3-18(15-19)16-20-5-2-6-21(25-20)22-17-26(9-14-30-22)8-7-23(28)27-10-12-29-13-11-27/h1-6,15,22H,7-14,16-17H2/t22-/m0/s1. The van der Waals surface area contributed by atoms with Gasteiger partial charge in [0.25, 0.3) is 0 Å². The first-order chi connectivity index (χ1) is 14.7. The number of benzene rings is 1. The zero-order chi connectivity index (χ0) is 20.8. The summed E-state index contributed by atoms with van der Waals surface area (Å²) in [6.07, 6.45) is 1.20. The third-order valence-electron chi connectivity index (χ3n) is 5.59. The predicted molar refractivity (Wildman–Crippen MR) is 116 cm³/mol. The molecule has 0 spiro atoms. The van der Waals surface area contributed by atoms with Gasteiger partial charge in [-0.1, -0.05) is 29.8 Å². The number of morpholine rings is 2. The fraction of sp³-hybridized carbons (Fsp3) is 0.478. The van der Waals surface area contributed by atoms with Crippen LogP contribution >= 0.6 is 11.6 Å². The molecule has 0 unspecified atom stereocenters. The third-order valence-corrected chi connectivity index (χ3v) is 5.82. The van der Waals surface area contributed by atoms with Crippen molar-refractivity contribution < 1.29 is 14.3 Å². The molecule has 1 atom stereocenters. The van der Waals surface area contributed by atoms with Crippen molar-refractivity contribution in [3.05, 3.63) is 64.4 Å². The van der Waals surface area contributed by atoms with Crippen molar-refractivity contribution in [2.75, 3.05) is 52.5 Å². The second-order valence-electron chi connectivity index (χ2n) is 7.76. The van der Waals surface area contributed by atoms with Crippen LogP contribution in [-0.2, 0) is 20.7 Å². The molecule has 7 heteroatoms. The average molecular weight is 430 g/mol. The van der Waals surface area contributed by atoms with Gasteiger partial charge in [0.05, 0.1) is 25.5 Å². The van der Waals surface area contributed by atoms with E-state index in [0.717, 1.165) is 48.0 Å². The molecule has 1 aromatic heterocycles. The Balaban J connectivity index is 1.33. The Labute approximate surface area is 182 Å². The average Bonchev–Trinajstić information content (AvgIpc) is 2.78. The predicted octanol–water partition coefficient (Wildman–Crippen LogP) is 2.95. The first-order valence-electron chi connectivity index (χ1n) is 10.6. The number of hydrogen-bond acceptors (Lipinski definition) is 5. The SMILES string of the molecule is O=C(CCN1CCO[C@H](c2cccc(Cc3cccc(Cl)c3)n2)C1)N1CCOCC1. The van der Waals surface area contributed by atoms with Gasteiger partial charge in [-0.25, -0.2) is 0 Å². The fourth-order valence-electron chi connectivity index (χ4n) is 3.94. The van der Waals surface area contributed by atoms with E-state index in [0.29, 0.717) is 39.3 Å². The minimum absolute atomic E-state index is 0.0726. The quantitative estimate of drug-likeness (QED) is 0.706. The number of halogens is 1. The van der Waals surface area contributed by atoms with E-state index in [1.165, 1.54) is 0 Å². The number of rotatable bonds is 6. The minimum Gasteiger partial charge on any atom is -0.378 e. The van der Waals surface area contributed by atoms with E-state index < -0.39 is 0 Å². The van der Waals surface area contributed by atoms with Gasteiger partial charge < -0.3 is 14.4 Å². The fourth-order valence-corrected chi connectivity index (χ4v) is 4.15. The lowest BCUT2D eigenvalue weighted by Crippen LogP contribution is -2.44. The molecule has 2 saturated heterocycles. The van der Waals surface area contributed by atoms with Crippen molar-refractivity contribution in [3.63, 3.8) is 0 Å². The monoisotopic (exact) mass is 429 g/mol. The van der Waals surface area contributed by atoms with E-state index in [4.69, 9.17) is 26.1 Å². The lowest BCUT2D eigenvalue weighted by Gasteiger charge is -2.33. The Morgan fingerprint density at radius 2 is 1.93 bits per heavy atom. The molecule has 30 heavy (non-hydrogen) atoms. The summed E-state index contributed by atoms with van der Waals surface area (Å²) in [7, 11) is 0. The Kier molecular flexibility index (Phi) is 7.33. The van der Waals surface area contributed by atoms with Crippen LogP contribution in [0.3, 0.4) is 0 Å². The number of ether oxygens (including phenoxy) is 2. The molecule has 3 heterocycles. The number of amides is 1. The number of aromatic nitrogens is 1. The van der Waals surface area contributed by atoms with E-state index in [-0.39, 0.29) is 12.0 Å². The van der Waals surface area contributed by atoms with Gasteiger partial charge in [-0.3, -0.25) is 14.7 Å². The molecule has 1 aromatic carbocycles. The van der Waals surface area contributed by atoms with E-state index in [2.05, 4.69) is 11.0 Å². The topological polar surface area (TPSA) is 54.9 Å². The molecular formula is C23H28ClN3O3. The molecule has 0 bridgehead atoms. The Morgan fingerprint density at radius 3 is 2.77 bits per heavy atom. The van der Waals surface area contributed by atoms with Crippen LogP contribution in [0, 0.1) is 0 Å². The van der Waals surface area contributed by atoms with Crippen LogP contribution in [0.1, 0.15) is 29.5 Å². The Bertz CT molecular complexity index is 857. The molecule has 2 aliphatic heterocycles. The van der Waals surface area contributed by atoms with Gasteiger partial charge in [0.2, 0.25) is 5.91 Å². The maximum atomic E-state index is 12.4. The maximum Gasteiger partial charge on any atom is 0.224 e. The van der Waals surface area contributed by atoms with Crippen LogP contribution in [-0.4, -0.2) is 73.2 Å². The van der Waals surface area contributed by atoms with Crippen LogP contribution < -0.4 is 0 Å². The number of nitrogens with zero attached hydrogens (tertiary/aromatic N) is 3. The van der Waals surface area contributed by atoms with E-state index in [1.54, 1.807) is 0 Å². The zero-order valence-corrected chi connectivity index (χ0v) is 17.9. The van der Waals surface area contributed by atoms with Gasteiger partial charge >= 0.3 is 0 Å². The van der Waals surface area contributed by atoms with Gasteiger partial charge in [-0.2, -0.15) is 0 Å². The minimum atomic E-state index is -0.0726. The normalized spacial score (nSPS) is 20.3. The highest BCUT2D eigenvalue weighted by Crippen LogP contribution is 2.22. The second kappa shape index (κ2) is 10.4. The van der Waals surface area contributed by atoms with Crippen LogP contribution in [0.15, 0.2) is 42.5 Å². The van der Waals surface area contributed by atoms with Crippen molar-refractivity contribution in [2.24, 2.45) is 0 Å². The van der Waals surface area contributed by atoms with Crippen LogP contribution in [0.5, 0.6) is 0 Å². The molecule has 1 amide bonds. The highest BCUT2D eigenvalue weighted by molar-refractivity contribution is 6.30. The first-order valence-corrected chi connectivity index (χ1v) is 10.9. The molecule has 4 rings (SSSR count). The summed E-state index contributed by atoms with van der Waals surface area (Å²) < 4.78 is 11.3. The van der Waals surface area contributed by atoms with Crippen molar-refractivity contribution in [2.45, 2.75) is 18.9 Å². The molecule has 0 aliphatic carbocycles. The number of carbonyl (C=O) groups excluding carboxylic acids is 1. The molecule has 2 fully saturated rings. The summed E-state index contributed by atoms with van der Waals surface area (Å²) in [4.78, 5) is 21.5. The lowest BCUT2D eigenvalue weighted by atomic mass is 10.1. The molecule has 2 aromatic rings. The number of hydrogen-bond donors (Lipinski definition) is 0. The van der Waals surface area contributed by atoms with Crippen molar-refractivity contribution in [1.82, 2.24) is 14.8 Å². The summed E-state index contributed by atoms with van der Waals surface area (Å²) >= 11 is 6.10. The molecular weight excluding hydrogens is 402 g/mol. The van der Waals surface area contributed by atoms with Gasteiger partial charge in [0.1, 0.15) is 6.10 Å². The van der Waals surface area contributed by atoms with Crippen LogP contribution in [0.4, 0.5) is 0 Å². The number of pyridine rings is 1. The van der Waals surface area contributed by atoms with Crippen molar-refractivity contribution in [1.29, 1.82) is 0 Å². The van der Waals surface area contributed by atoms with Gasteiger partial charge in [0, 0.05) is 56.3 Å². The largest absolute Gasteiger partial charge is 0.378 e. The van der Waals surface area contributed by atoms with E-state index in [9.17, 15) is 4.79 Å². The van der Waals surface area contributed by atoms with Gasteiger partial charge in [0.15, 0.2) is 0 Å². The summed E-state index contributed by atoms with van der Waals surface area (Å²) in [5.74, 6) is 0.211. The molecule has 0 N–H and O–H groups in total. The van der Waals surface area contributed by atoms with Crippen molar-refractivity contribution >= 4 is 17.5 Å². The highest BCUT2D eigenvalue weighted by Gasteiger charge is 2.24. The summed E-state index contributed by atoms with van der Waals surface area (Å²) in [5, 5.41) is 0.738.